The van der Waals surface area contributed by atoms with Gasteiger partial charge in [-0.15, -0.1) is 0 Å². The lowest BCUT2D eigenvalue weighted by atomic mass is 10.1. The fourth-order valence-corrected chi connectivity index (χ4v) is 4.09. The number of amides is 2. The number of likely N-dealkylation sites (N-methyl/N-ethyl adjacent to an activating group) is 2. The van der Waals surface area contributed by atoms with Crippen molar-refractivity contribution >= 4 is 23.2 Å². The molecular weight excluding hydrogens is 366 g/mol. The van der Waals surface area contributed by atoms with Crippen molar-refractivity contribution in [3.05, 3.63) is 54.1 Å². The average Bonchev–Trinajstić information content (AvgIpc) is 3.18. The SMILES string of the molecule is CCN1C[C@@H](CN(C)C(=O)c2ccc(N3CCCC3=O)cc2)Oc2ccccc21. The van der Waals surface area contributed by atoms with Crippen LogP contribution < -0.4 is 14.5 Å². The van der Waals surface area contributed by atoms with Gasteiger partial charge in [-0.25, -0.2) is 0 Å². The molecule has 0 radical (unpaired) electrons. The second-order valence-corrected chi connectivity index (χ2v) is 7.63. The number of carbonyl (C=O) groups excluding carboxylic acids is 2. The number of anilines is 2. The van der Waals surface area contributed by atoms with Gasteiger partial charge in [-0.05, 0) is 49.7 Å². The van der Waals surface area contributed by atoms with Crippen molar-refractivity contribution in [2.45, 2.75) is 25.9 Å². The van der Waals surface area contributed by atoms with E-state index in [1.165, 1.54) is 0 Å². The minimum atomic E-state index is -0.0831. The first-order valence-corrected chi connectivity index (χ1v) is 10.2. The number of nitrogens with zero attached hydrogens (tertiary/aromatic N) is 3. The molecule has 0 unspecified atom stereocenters. The van der Waals surface area contributed by atoms with Crippen LogP contribution in [-0.2, 0) is 4.79 Å². The molecule has 2 heterocycles. The largest absolute Gasteiger partial charge is 0.485 e. The van der Waals surface area contributed by atoms with Crippen LogP contribution in [0.1, 0.15) is 30.1 Å². The van der Waals surface area contributed by atoms with E-state index in [2.05, 4.69) is 17.9 Å². The molecular formula is C23H27N3O3. The van der Waals surface area contributed by atoms with Gasteiger partial charge in [-0.3, -0.25) is 9.59 Å². The van der Waals surface area contributed by atoms with E-state index in [1.54, 1.807) is 29.0 Å². The van der Waals surface area contributed by atoms with E-state index in [0.29, 0.717) is 18.5 Å². The van der Waals surface area contributed by atoms with E-state index in [4.69, 9.17) is 4.74 Å². The van der Waals surface area contributed by atoms with Crippen molar-refractivity contribution in [2.24, 2.45) is 0 Å². The first kappa shape index (κ1) is 19.3. The number of hydrogen-bond donors (Lipinski definition) is 0. The number of fused-ring (bicyclic) bond motifs is 1. The van der Waals surface area contributed by atoms with Crippen LogP contribution in [0.4, 0.5) is 11.4 Å². The molecule has 1 fully saturated rings. The molecule has 1 atom stereocenters. The Morgan fingerprint density at radius 3 is 2.62 bits per heavy atom. The third-order valence-corrected chi connectivity index (χ3v) is 5.63. The molecule has 2 amide bonds. The van der Waals surface area contributed by atoms with Crippen LogP contribution in [0.3, 0.4) is 0 Å². The summed E-state index contributed by atoms with van der Waals surface area (Å²) in [7, 11) is 1.81. The highest BCUT2D eigenvalue weighted by atomic mass is 16.5. The maximum absolute atomic E-state index is 12.9. The van der Waals surface area contributed by atoms with Crippen molar-refractivity contribution in [3.63, 3.8) is 0 Å². The Hall–Kier alpha value is -3.02. The minimum absolute atomic E-state index is 0.0465. The fourth-order valence-electron chi connectivity index (χ4n) is 4.09. The summed E-state index contributed by atoms with van der Waals surface area (Å²) in [6.45, 7) is 5.03. The lowest BCUT2D eigenvalue weighted by Gasteiger charge is -2.37. The number of ether oxygens (including phenoxy) is 1. The number of hydrogen-bond acceptors (Lipinski definition) is 4. The molecule has 0 aliphatic carbocycles. The van der Waals surface area contributed by atoms with Gasteiger partial charge >= 0.3 is 0 Å². The van der Waals surface area contributed by atoms with E-state index < -0.39 is 0 Å². The molecule has 29 heavy (non-hydrogen) atoms. The van der Waals surface area contributed by atoms with E-state index in [-0.39, 0.29) is 17.9 Å². The van der Waals surface area contributed by atoms with Crippen molar-refractivity contribution in [3.8, 4) is 5.75 Å². The van der Waals surface area contributed by atoms with Gasteiger partial charge in [0.1, 0.15) is 11.9 Å². The second-order valence-electron chi connectivity index (χ2n) is 7.63. The summed E-state index contributed by atoms with van der Waals surface area (Å²) in [5.74, 6) is 0.970. The molecule has 2 aromatic rings. The standard InChI is InChI=1S/C23H27N3O3/c1-3-25-16-19(29-21-8-5-4-7-20(21)25)15-24(2)23(28)17-10-12-18(13-11-17)26-14-6-9-22(26)27/h4-5,7-8,10-13,19H,3,6,9,14-16H2,1-2H3/t19-/m1/s1. The first-order valence-electron chi connectivity index (χ1n) is 10.2. The Morgan fingerprint density at radius 1 is 1.17 bits per heavy atom. The van der Waals surface area contributed by atoms with Gasteiger partial charge in [0, 0.05) is 37.8 Å². The highest BCUT2D eigenvalue weighted by molar-refractivity contribution is 5.97. The van der Waals surface area contributed by atoms with Crippen LogP contribution in [0, 0.1) is 0 Å². The highest BCUT2D eigenvalue weighted by Crippen LogP contribution is 2.33. The molecule has 2 aliphatic rings. The van der Waals surface area contributed by atoms with Gasteiger partial charge < -0.3 is 19.4 Å². The van der Waals surface area contributed by atoms with Crippen LogP contribution in [0.25, 0.3) is 0 Å². The van der Waals surface area contributed by atoms with Crippen molar-refractivity contribution in [2.75, 3.05) is 43.0 Å². The third-order valence-electron chi connectivity index (χ3n) is 5.63. The maximum atomic E-state index is 12.9. The van der Waals surface area contributed by atoms with Crippen molar-refractivity contribution < 1.29 is 14.3 Å². The third kappa shape index (κ3) is 3.92. The maximum Gasteiger partial charge on any atom is 0.253 e. The quantitative estimate of drug-likeness (QED) is 0.783. The summed E-state index contributed by atoms with van der Waals surface area (Å²) in [4.78, 5) is 30.6. The Balaban J connectivity index is 1.41. The molecule has 0 saturated carbocycles. The normalized spacial score (nSPS) is 18.4. The number of para-hydroxylation sites is 2. The predicted octanol–water partition coefficient (Wildman–Crippen LogP) is 3.17. The summed E-state index contributed by atoms with van der Waals surface area (Å²) in [5.41, 5.74) is 2.58. The van der Waals surface area contributed by atoms with Gasteiger partial charge in [-0.2, -0.15) is 0 Å². The highest BCUT2D eigenvalue weighted by Gasteiger charge is 2.27. The zero-order valence-electron chi connectivity index (χ0n) is 17.0. The summed E-state index contributed by atoms with van der Waals surface area (Å²) >= 11 is 0. The second kappa shape index (κ2) is 8.15. The van der Waals surface area contributed by atoms with E-state index in [9.17, 15) is 9.59 Å². The smallest absolute Gasteiger partial charge is 0.253 e. The Kier molecular flexibility index (Phi) is 5.43. The van der Waals surface area contributed by atoms with Gasteiger partial charge in [0.15, 0.2) is 0 Å². The van der Waals surface area contributed by atoms with Crippen LogP contribution in [0.5, 0.6) is 5.75 Å². The zero-order valence-corrected chi connectivity index (χ0v) is 17.0. The summed E-state index contributed by atoms with van der Waals surface area (Å²) in [6.07, 6.45) is 1.41. The molecule has 0 N–H and O–H groups in total. The Labute approximate surface area is 171 Å². The van der Waals surface area contributed by atoms with Crippen LogP contribution in [0.2, 0.25) is 0 Å². The topological polar surface area (TPSA) is 53.1 Å². The molecule has 6 nitrogen and oxygen atoms in total. The summed E-state index contributed by atoms with van der Waals surface area (Å²) < 4.78 is 6.14. The fraction of sp³-hybridized carbons (Fsp3) is 0.391. The molecule has 0 aromatic heterocycles. The molecule has 6 heteroatoms. The average molecular weight is 393 g/mol. The van der Waals surface area contributed by atoms with Crippen molar-refractivity contribution in [1.82, 2.24) is 4.90 Å². The van der Waals surface area contributed by atoms with Crippen LogP contribution in [-0.4, -0.2) is 56.0 Å². The van der Waals surface area contributed by atoms with E-state index >= 15 is 0 Å². The first-order chi connectivity index (χ1) is 14.1. The van der Waals surface area contributed by atoms with E-state index in [1.807, 2.05) is 30.3 Å². The molecule has 1 saturated heterocycles. The molecule has 0 spiro atoms. The van der Waals surface area contributed by atoms with Gasteiger partial charge in [-0.1, -0.05) is 12.1 Å². The molecule has 152 valence electrons. The summed E-state index contributed by atoms with van der Waals surface area (Å²) in [5, 5.41) is 0. The van der Waals surface area contributed by atoms with Crippen molar-refractivity contribution in [1.29, 1.82) is 0 Å². The number of benzene rings is 2. The number of rotatable bonds is 5. The van der Waals surface area contributed by atoms with Gasteiger partial charge in [0.25, 0.3) is 5.91 Å². The molecule has 0 bridgehead atoms. The molecule has 2 aliphatic heterocycles. The predicted molar refractivity (Wildman–Crippen MR) is 114 cm³/mol. The lowest BCUT2D eigenvalue weighted by Crippen LogP contribution is -2.46. The van der Waals surface area contributed by atoms with Crippen LogP contribution >= 0.6 is 0 Å². The summed E-state index contributed by atoms with van der Waals surface area (Å²) in [6, 6.07) is 15.3. The minimum Gasteiger partial charge on any atom is -0.485 e. The van der Waals surface area contributed by atoms with E-state index in [0.717, 1.165) is 43.2 Å². The zero-order chi connectivity index (χ0) is 20.4. The van der Waals surface area contributed by atoms with Gasteiger partial charge in [0.2, 0.25) is 5.91 Å². The van der Waals surface area contributed by atoms with Gasteiger partial charge in [0.05, 0.1) is 18.8 Å². The number of carbonyl (C=O) groups is 2. The lowest BCUT2D eigenvalue weighted by molar-refractivity contribution is -0.117. The Bertz CT molecular complexity index is 896. The monoisotopic (exact) mass is 393 g/mol. The Morgan fingerprint density at radius 2 is 1.93 bits per heavy atom. The molecule has 2 aromatic carbocycles. The molecule has 4 rings (SSSR count). The van der Waals surface area contributed by atoms with Crippen LogP contribution in [0.15, 0.2) is 48.5 Å².